The average Bonchev–Trinajstić information content (AvgIpc) is 2.69. The minimum atomic E-state index is -0.166. The number of carbonyl (C=O) groups excluding carboxylic acids is 2. The van der Waals surface area contributed by atoms with Crippen LogP contribution in [0.15, 0.2) is 66.9 Å². The van der Waals surface area contributed by atoms with Crippen molar-refractivity contribution in [1.82, 2.24) is 15.6 Å². The molecule has 0 radical (unpaired) electrons. The van der Waals surface area contributed by atoms with Crippen molar-refractivity contribution in [3.8, 4) is 0 Å². The first-order chi connectivity index (χ1) is 12.7. The summed E-state index contributed by atoms with van der Waals surface area (Å²) in [7, 11) is 0. The summed E-state index contributed by atoms with van der Waals surface area (Å²) < 4.78 is 0. The Balaban J connectivity index is 1.41. The molecule has 0 saturated carbocycles. The molecule has 2 amide bonds. The second kappa shape index (κ2) is 8.76. The maximum Gasteiger partial charge on any atom is 0.251 e. The number of hydrogen-bond donors (Lipinski definition) is 2. The van der Waals surface area contributed by atoms with Gasteiger partial charge in [-0.2, -0.15) is 0 Å². The largest absolute Gasteiger partial charge is 0.356 e. The highest BCUT2D eigenvalue weighted by atomic mass is 16.2. The number of rotatable bonds is 7. The number of carbonyl (C=O) groups is 2. The van der Waals surface area contributed by atoms with Gasteiger partial charge in [-0.1, -0.05) is 42.5 Å². The molecule has 1 aromatic heterocycles. The summed E-state index contributed by atoms with van der Waals surface area (Å²) in [4.78, 5) is 28.3. The minimum absolute atomic E-state index is 0.0773. The van der Waals surface area contributed by atoms with E-state index in [1.807, 2.05) is 48.5 Å². The summed E-state index contributed by atoms with van der Waals surface area (Å²) in [6.07, 6.45) is 2.75. The van der Waals surface area contributed by atoms with Gasteiger partial charge in [0, 0.05) is 36.7 Å². The normalized spacial score (nSPS) is 10.5. The van der Waals surface area contributed by atoms with Crippen molar-refractivity contribution < 1.29 is 9.59 Å². The summed E-state index contributed by atoms with van der Waals surface area (Å²) >= 11 is 0. The molecule has 0 aliphatic rings. The van der Waals surface area contributed by atoms with Gasteiger partial charge in [0.1, 0.15) is 0 Å². The monoisotopic (exact) mass is 347 g/mol. The number of fused-ring (bicyclic) bond motifs is 1. The summed E-state index contributed by atoms with van der Waals surface area (Å²) in [5.74, 6) is -0.244. The molecule has 3 rings (SSSR count). The fraction of sp³-hybridized carbons (Fsp3) is 0.190. The van der Waals surface area contributed by atoms with Crippen molar-refractivity contribution in [2.45, 2.75) is 12.8 Å². The molecule has 0 saturated heterocycles. The maximum atomic E-state index is 11.9. The van der Waals surface area contributed by atoms with Gasteiger partial charge in [-0.15, -0.1) is 0 Å². The van der Waals surface area contributed by atoms with E-state index in [1.54, 1.807) is 18.3 Å². The van der Waals surface area contributed by atoms with Crippen molar-refractivity contribution in [3.63, 3.8) is 0 Å². The molecule has 5 heteroatoms. The molecule has 0 unspecified atom stereocenters. The zero-order valence-electron chi connectivity index (χ0n) is 14.4. The first-order valence-corrected chi connectivity index (χ1v) is 8.66. The number of hydrogen-bond acceptors (Lipinski definition) is 3. The van der Waals surface area contributed by atoms with Gasteiger partial charge >= 0.3 is 0 Å². The van der Waals surface area contributed by atoms with E-state index in [4.69, 9.17) is 0 Å². The van der Waals surface area contributed by atoms with Crippen molar-refractivity contribution in [2.24, 2.45) is 0 Å². The molecule has 0 bridgehead atoms. The summed E-state index contributed by atoms with van der Waals surface area (Å²) in [6.45, 7) is 0.858. The lowest BCUT2D eigenvalue weighted by Crippen LogP contribution is -2.31. The van der Waals surface area contributed by atoms with Gasteiger partial charge in [-0.3, -0.25) is 14.6 Å². The number of nitrogens with one attached hydrogen (secondary N) is 2. The van der Waals surface area contributed by atoms with Crippen LogP contribution in [0.2, 0.25) is 0 Å². The number of aromatic nitrogens is 1. The Morgan fingerprint density at radius 2 is 1.65 bits per heavy atom. The van der Waals surface area contributed by atoms with Crippen LogP contribution in [0.25, 0.3) is 10.9 Å². The van der Waals surface area contributed by atoms with E-state index >= 15 is 0 Å². The average molecular weight is 347 g/mol. The van der Waals surface area contributed by atoms with Crippen LogP contribution in [0.5, 0.6) is 0 Å². The molecule has 0 atom stereocenters. The lowest BCUT2D eigenvalue weighted by atomic mass is 10.1. The van der Waals surface area contributed by atoms with E-state index in [0.717, 1.165) is 22.9 Å². The van der Waals surface area contributed by atoms with Crippen LogP contribution in [0.1, 0.15) is 22.3 Å². The minimum Gasteiger partial charge on any atom is -0.356 e. The molecule has 0 fully saturated rings. The van der Waals surface area contributed by atoms with Crippen LogP contribution in [-0.2, 0) is 11.2 Å². The van der Waals surface area contributed by atoms with Gasteiger partial charge in [0.2, 0.25) is 5.91 Å². The van der Waals surface area contributed by atoms with Crippen LogP contribution in [-0.4, -0.2) is 29.9 Å². The standard InChI is InChI=1S/C21H21N3O2/c25-19(12-15-24-21(26)18-6-2-1-3-7-18)22-14-11-17-9-4-8-16-10-5-13-23-20(16)17/h1-10,13H,11-12,14-15H2,(H,22,25)(H,24,26). The molecule has 3 aromatic rings. The summed E-state index contributed by atoms with van der Waals surface area (Å²) in [5.41, 5.74) is 2.68. The van der Waals surface area contributed by atoms with Gasteiger partial charge in [-0.25, -0.2) is 0 Å². The predicted octanol–water partition coefficient (Wildman–Crippen LogP) is 2.71. The predicted molar refractivity (Wildman–Crippen MR) is 102 cm³/mol. The highest BCUT2D eigenvalue weighted by Crippen LogP contribution is 2.15. The van der Waals surface area contributed by atoms with Gasteiger partial charge in [0.05, 0.1) is 5.52 Å². The maximum absolute atomic E-state index is 11.9. The zero-order valence-corrected chi connectivity index (χ0v) is 14.4. The molecule has 0 aliphatic carbocycles. The SMILES string of the molecule is O=C(CCNC(=O)c1ccccc1)NCCc1cccc2cccnc12. The van der Waals surface area contributed by atoms with E-state index in [1.165, 1.54) is 0 Å². The molecule has 0 spiro atoms. The van der Waals surface area contributed by atoms with Crippen LogP contribution in [0.3, 0.4) is 0 Å². The fourth-order valence-corrected chi connectivity index (χ4v) is 2.78. The fourth-order valence-electron chi connectivity index (χ4n) is 2.78. The van der Waals surface area contributed by atoms with Crippen LogP contribution < -0.4 is 10.6 Å². The number of pyridine rings is 1. The van der Waals surface area contributed by atoms with Crippen molar-refractivity contribution >= 4 is 22.7 Å². The molecular weight excluding hydrogens is 326 g/mol. The number of benzene rings is 2. The number of amides is 2. The Hall–Kier alpha value is -3.21. The third kappa shape index (κ3) is 4.66. The lowest BCUT2D eigenvalue weighted by Gasteiger charge is -2.08. The molecular formula is C21H21N3O2. The molecule has 132 valence electrons. The molecule has 2 N–H and O–H groups in total. The van der Waals surface area contributed by atoms with E-state index in [0.29, 0.717) is 18.7 Å². The van der Waals surface area contributed by atoms with E-state index < -0.39 is 0 Å². The highest BCUT2D eigenvalue weighted by molar-refractivity contribution is 5.94. The highest BCUT2D eigenvalue weighted by Gasteiger charge is 2.06. The van der Waals surface area contributed by atoms with Crippen molar-refractivity contribution in [2.75, 3.05) is 13.1 Å². The molecule has 1 heterocycles. The molecule has 2 aromatic carbocycles. The van der Waals surface area contributed by atoms with E-state index in [-0.39, 0.29) is 18.2 Å². The Labute approximate surface area is 152 Å². The van der Waals surface area contributed by atoms with Gasteiger partial charge in [-0.05, 0) is 30.2 Å². The Kier molecular flexibility index (Phi) is 5.93. The number of nitrogens with zero attached hydrogens (tertiary/aromatic N) is 1. The molecule has 0 aliphatic heterocycles. The topological polar surface area (TPSA) is 71.1 Å². The number of para-hydroxylation sites is 1. The lowest BCUT2D eigenvalue weighted by molar-refractivity contribution is -0.120. The Bertz CT molecular complexity index is 889. The van der Waals surface area contributed by atoms with Crippen molar-refractivity contribution in [1.29, 1.82) is 0 Å². The second-order valence-corrected chi connectivity index (χ2v) is 5.96. The van der Waals surface area contributed by atoms with Gasteiger partial charge in [0.25, 0.3) is 5.91 Å². The first-order valence-electron chi connectivity index (χ1n) is 8.66. The molecule has 5 nitrogen and oxygen atoms in total. The second-order valence-electron chi connectivity index (χ2n) is 5.96. The quantitative estimate of drug-likeness (QED) is 0.690. The van der Waals surface area contributed by atoms with Gasteiger partial charge < -0.3 is 10.6 Å². The van der Waals surface area contributed by atoms with Crippen LogP contribution in [0.4, 0.5) is 0 Å². The van der Waals surface area contributed by atoms with E-state index in [9.17, 15) is 9.59 Å². The smallest absolute Gasteiger partial charge is 0.251 e. The zero-order chi connectivity index (χ0) is 18.2. The van der Waals surface area contributed by atoms with Crippen LogP contribution in [0, 0.1) is 0 Å². The molecule has 26 heavy (non-hydrogen) atoms. The van der Waals surface area contributed by atoms with Crippen molar-refractivity contribution in [3.05, 3.63) is 78.0 Å². The summed E-state index contributed by atoms with van der Waals surface area (Å²) in [5, 5.41) is 6.74. The Morgan fingerprint density at radius 3 is 2.50 bits per heavy atom. The van der Waals surface area contributed by atoms with E-state index in [2.05, 4.69) is 15.6 Å². The third-order valence-corrected chi connectivity index (χ3v) is 4.11. The summed E-state index contributed by atoms with van der Waals surface area (Å²) in [6, 6.07) is 19.0. The van der Waals surface area contributed by atoms with Gasteiger partial charge in [0.15, 0.2) is 0 Å². The first kappa shape index (κ1) is 17.6. The Morgan fingerprint density at radius 1 is 0.846 bits per heavy atom. The third-order valence-electron chi connectivity index (χ3n) is 4.11. The van der Waals surface area contributed by atoms with Crippen LogP contribution >= 0.6 is 0 Å².